The number of thiazole rings is 1. The lowest BCUT2D eigenvalue weighted by atomic mass is 10.2. The summed E-state index contributed by atoms with van der Waals surface area (Å²) in [6.45, 7) is 0.168. The van der Waals surface area contributed by atoms with E-state index in [0.717, 1.165) is 10.6 Å². The number of aromatic nitrogens is 1. The first-order valence-corrected chi connectivity index (χ1v) is 9.98. The molecule has 24 heavy (non-hydrogen) atoms. The Kier molecular flexibility index (Phi) is 6.27. The van der Waals surface area contributed by atoms with Crippen molar-refractivity contribution in [1.29, 1.82) is 0 Å². The number of amides is 1. The van der Waals surface area contributed by atoms with E-state index in [9.17, 15) is 18.0 Å². The van der Waals surface area contributed by atoms with E-state index in [0.29, 0.717) is 12.2 Å². The van der Waals surface area contributed by atoms with Crippen molar-refractivity contribution in [2.24, 2.45) is 0 Å². The summed E-state index contributed by atoms with van der Waals surface area (Å²) in [7, 11) is -3.68. The van der Waals surface area contributed by atoms with Crippen molar-refractivity contribution >= 4 is 33.2 Å². The Balaban J connectivity index is 1.96. The number of carboxylic acid groups (broad SMARTS) is 1. The molecule has 0 aromatic carbocycles. The minimum Gasteiger partial charge on any atom is -0.480 e. The van der Waals surface area contributed by atoms with Crippen LogP contribution >= 0.6 is 11.3 Å². The molecule has 0 spiro atoms. The molecule has 1 atom stereocenters. The normalized spacial score (nSPS) is 18.8. The molecule has 1 aliphatic rings. The zero-order valence-electron chi connectivity index (χ0n) is 13.1. The Hall–Kier alpha value is -1.56. The standard InChI is InChI=1S/C13H19N3O6S2/c1-24(20,21)16(7-13(18)19)6-11-5-15(2-3-22-11)12(17)4-10-8-23-9-14-10/h8-9,11H,2-7H2,1H3,(H,18,19). The zero-order valence-corrected chi connectivity index (χ0v) is 14.8. The van der Waals surface area contributed by atoms with Crippen molar-refractivity contribution in [1.82, 2.24) is 14.2 Å². The summed E-state index contributed by atoms with van der Waals surface area (Å²) < 4.78 is 29.7. The SMILES string of the molecule is CS(=O)(=O)N(CC(=O)O)CC1CN(C(=O)Cc2cscn2)CCO1. The molecule has 2 heterocycles. The first-order chi connectivity index (χ1) is 11.3. The van der Waals surface area contributed by atoms with Gasteiger partial charge in [-0.25, -0.2) is 13.4 Å². The van der Waals surface area contributed by atoms with Crippen LogP contribution in [0.5, 0.6) is 0 Å². The average molecular weight is 377 g/mol. The van der Waals surface area contributed by atoms with Crippen LogP contribution in [0.1, 0.15) is 5.69 Å². The summed E-state index contributed by atoms with van der Waals surface area (Å²) in [5, 5.41) is 10.6. The molecule has 1 unspecified atom stereocenters. The van der Waals surface area contributed by atoms with Crippen molar-refractivity contribution in [3.05, 3.63) is 16.6 Å². The summed E-state index contributed by atoms with van der Waals surface area (Å²) in [4.78, 5) is 28.8. The van der Waals surface area contributed by atoms with Crippen molar-refractivity contribution < 1.29 is 27.9 Å². The van der Waals surface area contributed by atoms with E-state index in [1.54, 1.807) is 15.8 Å². The molecule has 1 N–H and O–H groups in total. The smallest absolute Gasteiger partial charge is 0.318 e. The van der Waals surface area contributed by atoms with Crippen LogP contribution in [-0.4, -0.2) is 84.7 Å². The Bertz CT molecular complexity index is 676. The number of ether oxygens (including phenoxy) is 1. The van der Waals surface area contributed by atoms with Gasteiger partial charge in [-0.05, 0) is 0 Å². The van der Waals surface area contributed by atoms with Gasteiger partial charge < -0.3 is 14.7 Å². The van der Waals surface area contributed by atoms with Gasteiger partial charge in [-0.1, -0.05) is 0 Å². The van der Waals surface area contributed by atoms with Crippen LogP contribution in [0.25, 0.3) is 0 Å². The average Bonchev–Trinajstić information content (AvgIpc) is 2.98. The number of nitrogens with zero attached hydrogens (tertiary/aromatic N) is 3. The second kappa shape index (κ2) is 8.01. The molecule has 0 aliphatic carbocycles. The molecule has 1 aromatic heterocycles. The number of hydrogen-bond donors (Lipinski definition) is 1. The summed E-state index contributed by atoms with van der Waals surface area (Å²) in [5.41, 5.74) is 2.34. The van der Waals surface area contributed by atoms with E-state index in [1.807, 2.05) is 0 Å². The van der Waals surface area contributed by atoms with Gasteiger partial charge in [-0.15, -0.1) is 11.3 Å². The molecule has 1 fully saturated rings. The molecule has 0 radical (unpaired) electrons. The molecule has 134 valence electrons. The van der Waals surface area contributed by atoms with Crippen molar-refractivity contribution in [3.63, 3.8) is 0 Å². The molecule has 0 bridgehead atoms. The predicted molar refractivity (Wildman–Crippen MR) is 86.2 cm³/mol. The highest BCUT2D eigenvalue weighted by Crippen LogP contribution is 2.12. The summed E-state index contributed by atoms with van der Waals surface area (Å²) >= 11 is 1.41. The number of carboxylic acids is 1. The zero-order chi connectivity index (χ0) is 17.7. The van der Waals surface area contributed by atoms with Gasteiger partial charge in [0.1, 0.15) is 6.54 Å². The molecule has 1 amide bonds. The molecule has 1 aliphatic heterocycles. The largest absolute Gasteiger partial charge is 0.480 e. The second-order valence-electron chi connectivity index (χ2n) is 5.44. The molecule has 0 saturated carbocycles. The lowest BCUT2D eigenvalue weighted by Crippen LogP contribution is -2.51. The number of sulfonamides is 1. The third kappa shape index (κ3) is 5.51. The number of rotatable bonds is 7. The maximum atomic E-state index is 12.3. The van der Waals surface area contributed by atoms with Crippen LogP contribution in [-0.2, 0) is 30.8 Å². The lowest BCUT2D eigenvalue weighted by molar-refractivity contribution is -0.141. The van der Waals surface area contributed by atoms with Crippen molar-refractivity contribution in [3.8, 4) is 0 Å². The Morgan fingerprint density at radius 3 is 2.88 bits per heavy atom. The predicted octanol–water partition coefficient (Wildman–Crippen LogP) is -0.741. The van der Waals surface area contributed by atoms with Gasteiger partial charge in [0.25, 0.3) is 0 Å². The highest BCUT2D eigenvalue weighted by atomic mass is 32.2. The minimum absolute atomic E-state index is 0.106. The first-order valence-electron chi connectivity index (χ1n) is 7.19. The Morgan fingerprint density at radius 2 is 2.29 bits per heavy atom. The van der Waals surface area contributed by atoms with Gasteiger partial charge in [0.05, 0.1) is 36.6 Å². The van der Waals surface area contributed by atoms with Crippen LogP contribution < -0.4 is 0 Å². The summed E-state index contributed by atoms with van der Waals surface area (Å²) in [5.74, 6) is -1.36. The maximum Gasteiger partial charge on any atom is 0.318 e. The molecule has 1 saturated heterocycles. The number of carbonyl (C=O) groups excluding carboxylic acids is 1. The van der Waals surface area contributed by atoms with Crippen molar-refractivity contribution in [2.45, 2.75) is 12.5 Å². The fourth-order valence-electron chi connectivity index (χ4n) is 2.34. The fourth-order valence-corrected chi connectivity index (χ4v) is 3.68. The topological polar surface area (TPSA) is 117 Å². The first kappa shape index (κ1) is 18.8. The van der Waals surface area contributed by atoms with Crippen LogP contribution in [0.15, 0.2) is 10.9 Å². The monoisotopic (exact) mass is 377 g/mol. The number of carbonyl (C=O) groups is 2. The van der Waals surface area contributed by atoms with Gasteiger partial charge in [0.15, 0.2) is 0 Å². The fraction of sp³-hybridized carbons (Fsp3) is 0.615. The van der Waals surface area contributed by atoms with Gasteiger partial charge in [-0.2, -0.15) is 4.31 Å². The molecule has 1 aromatic rings. The maximum absolute atomic E-state index is 12.3. The van der Waals surface area contributed by atoms with Gasteiger partial charge in [0, 0.05) is 25.0 Å². The Labute approximate surface area is 143 Å². The van der Waals surface area contributed by atoms with E-state index in [4.69, 9.17) is 9.84 Å². The van der Waals surface area contributed by atoms with E-state index in [2.05, 4.69) is 4.98 Å². The molecular formula is C13H19N3O6S2. The summed E-state index contributed by atoms with van der Waals surface area (Å²) in [6, 6.07) is 0. The summed E-state index contributed by atoms with van der Waals surface area (Å²) in [6.07, 6.45) is 0.567. The lowest BCUT2D eigenvalue weighted by Gasteiger charge is -2.34. The van der Waals surface area contributed by atoms with E-state index < -0.39 is 28.6 Å². The van der Waals surface area contributed by atoms with Gasteiger partial charge >= 0.3 is 5.97 Å². The molecule has 11 heteroatoms. The van der Waals surface area contributed by atoms with E-state index >= 15 is 0 Å². The molecular weight excluding hydrogens is 358 g/mol. The Morgan fingerprint density at radius 1 is 1.54 bits per heavy atom. The third-order valence-electron chi connectivity index (χ3n) is 3.50. The van der Waals surface area contributed by atoms with Crippen LogP contribution in [0.4, 0.5) is 0 Å². The number of aliphatic carboxylic acids is 1. The molecule has 9 nitrogen and oxygen atoms in total. The number of hydrogen-bond acceptors (Lipinski definition) is 7. The van der Waals surface area contributed by atoms with Crippen LogP contribution in [0, 0.1) is 0 Å². The minimum atomic E-state index is -3.68. The quantitative estimate of drug-likeness (QED) is 0.665. The van der Waals surface area contributed by atoms with Crippen LogP contribution in [0.2, 0.25) is 0 Å². The van der Waals surface area contributed by atoms with Crippen LogP contribution in [0.3, 0.4) is 0 Å². The van der Waals surface area contributed by atoms with E-state index in [1.165, 1.54) is 11.3 Å². The highest BCUT2D eigenvalue weighted by molar-refractivity contribution is 7.88. The van der Waals surface area contributed by atoms with Gasteiger partial charge in [0.2, 0.25) is 15.9 Å². The highest BCUT2D eigenvalue weighted by Gasteiger charge is 2.29. The van der Waals surface area contributed by atoms with Gasteiger partial charge in [-0.3, -0.25) is 9.59 Å². The van der Waals surface area contributed by atoms with Crippen molar-refractivity contribution in [2.75, 3.05) is 39.0 Å². The molecule has 2 rings (SSSR count). The number of morpholine rings is 1. The second-order valence-corrected chi connectivity index (χ2v) is 8.14. The van der Waals surface area contributed by atoms with E-state index in [-0.39, 0.29) is 32.0 Å². The third-order valence-corrected chi connectivity index (χ3v) is 5.35.